The fourth-order valence-electron chi connectivity index (χ4n) is 2.74. The number of carbonyl (C=O) groups excluding carboxylic acids is 1. The lowest BCUT2D eigenvalue weighted by molar-refractivity contribution is -0.126. The van der Waals surface area contributed by atoms with Crippen LogP contribution in [0.3, 0.4) is 0 Å². The number of allylic oxidation sites excluding steroid dienone is 2. The molecule has 0 N–H and O–H groups in total. The van der Waals surface area contributed by atoms with Crippen LogP contribution in [-0.4, -0.2) is 23.2 Å². The lowest BCUT2D eigenvalue weighted by atomic mass is 9.71. The lowest BCUT2D eigenvalue weighted by Crippen LogP contribution is -2.37. The van der Waals surface area contributed by atoms with Crippen LogP contribution in [0.1, 0.15) is 40.5 Å². The van der Waals surface area contributed by atoms with Gasteiger partial charge in [0.2, 0.25) is 5.91 Å². The summed E-state index contributed by atoms with van der Waals surface area (Å²) in [4.78, 5) is 13.6. The minimum absolute atomic E-state index is 0.0206. The second-order valence-corrected chi connectivity index (χ2v) is 6.16. The van der Waals surface area contributed by atoms with Crippen molar-refractivity contribution in [2.75, 3.05) is 12.4 Å². The van der Waals surface area contributed by atoms with E-state index >= 15 is 0 Å². The van der Waals surface area contributed by atoms with Gasteiger partial charge in [-0.2, -0.15) is 0 Å². The highest BCUT2D eigenvalue weighted by Crippen LogP contribution is 2.42. The largest absolute Gasteiger partial charge is 0.304 e. The number of alkyl halides is 1. The summed E-state index contributed by atoms with van der Waals surface area (Å²) >= 11 is 5.67. The average Bonchev–Trinajstić information content (AvgIpc) is 2.29. The normalized spacial score (nSPS) is 22.6. The smallest absolute Gasteiger partial charge is 0.242 e. The van der Waals surface area contributed by atoms with Crippen LogP contribution in [0.5, 0.6) is 0 Å². The van der Waals surface area contributed by atoms with Gasteiger partial charge in [0.25, 0.3) is 0 Å². The maximum absolute atomic E-state index is 11.9. The minimum atomic E-state index is -0.103. The highest BCUT2D eigenvalue weighted by atomic mass is 35.5. The molecule has 0 saturated heterocycles. The molecular formula is C15H22ClNO. The first kappa shape index (κ1) is 15.1. The molecule has 2 nitrogen and oxygen atoms in total. The van der Waals surface area contributed by atoms with Gasteiger partial charge in [-0.3, -0.25) is 4.79 Å². The van der Waals surface area contributed by atoms with Crippen LogP contribution in [0.15, 0.2) is 11.3 Å². The third-order valence-corrected chi connectivity index (χ3v) is 3.92. The van der Waals surface area contributed by atoms with E-state index < -0.39 is 0 Å². The number of hydrogen-bond acceptors (Lipinski definition) is 1. The molecule has 1 unspecified atom stereocenters. The van der Waals surface area contributed by atoms with Gasteiger partial charge in [0.1, 0.15) is 5.88 Å². The number of amides is 1. The Morgan fingerprint density at radius 3 is 2.72 bits per heavy atom. The molecule has 0 aliphatic heterocycles. The van der Waals surface area contributed by atoms with Gasteiger partial charge in [-0.05, 0) is 31.1 Å². The first-order chi connectivity index (χ1) is 8.32. The Balaban J connectivity index is 3.13. The molecule has 1 atom stereocenters. The molecule has 18 heavy (non-hydrogen) atoms. The molecule has 0 heterocycles. The maximum atomic E-state index is 11.9. The summed E-state index contributed by atoms with van der Waals surface area (Å²) in [5, 5.41) is 0. The molecule has 0 radical (unpaired) electrons. The SMILES string of the molecule is C#CCN(C(=O)CCl)C1=C(C)C(C)CC(C)(C)C1. The predicted octanol–water partition coefficient (Wildman–Crippen LogP) is 3.42. The monoisotopic (exact) mass is 267 g/mol. The Labute approximate surface area is 115 Å². The van der Waals surface area contributed by atoms with E-state index in [4.69, 9.17) is 18.0 Å². The average molecular weight is 268 g/mol. The molecule has 0 saturated carbocycles. The van der Waals surface area contributed by atoms with Crippen molar-refractivity contribution < 1.29 is 4.79 Å². The van der Waals surface area contributed by atoms with Crippen molar-refractivity contribution in [2.24, 2.45) is 11.3 Å². The zero-order chi connectivity index (χ0) is 13.9. The van der Waals surface area contributed by atoms with Crippen molar-refractivity contribution in [3.63, 3.8) is 0 Å². The van der Waals surface area contributed by atoms with Crippen LogP contribution in [0.4, 0.5) is 0 Å². The molecule has 1 rings (SSSR count). The lowest BCUT2D eigenvalue weighted by Gasteiger charge is -2.39. The minimum Gasteiger partial charge on any atom is -0.304 e. The number of halogens is 1. The van der Waals surface area contributed by atoms with Crippen LogP contribution >= 0.6 is 11.6 Å². The summed E-state index contributed by atoms with van der Waals surface area (Å²) in [5.41, 5.74) is 2.54. The topological polar surface area (TPSA) is 20.3 Å². The van der Waals surface area contributed by atoms with Crippen molar-refractivity contribution >= 4 is 17.5 Å². The van der Waals surface area contributed by atoms with Crippen LogP contribution < -0.4 is 0 Å². The summed E-state index contributed by atoms with van der Waals surface area (Å²) in [6, 6.07) is 0. The molecule has 0 bridgehead atoms. The van der Waals surface area contributed by atoms with Gasteiger partial charge in [-0.15, -0.1) is 18.0 Å². The first-order valence-corrected chi connectivity index (χ1v) is 6.85. The highest BCUT2D eigenvalue weighted by molar-refractivity contribution is 6.27. The van der Waals surface area contributed by atoms with E-state index in [1.807, 2.05) is 0 Å². The zero-order valence-electron chi connectivity index (χ0n) is 11.7. The molecule has 0 aromatic rings. The van der Waals surface area contributed by atoms with Crippen LogP contribution in [0.2, 0.25) is 0 Å². The molecule has 1 amide bonds. The molecule has 1 aliphatic carbocycles. The zero-order valence-corrected chi connectivity index (χ0v) is 12.5. The van der Waals surface area contributed by atoms with Crippen molar-refractivity contribution in [3.05, 3.63) is 11.3 Å². The van der Waals surface area contributed by atoms with Gasteiger partial charge >= 0.3 is 0 Å². The van der Waals surface area contributed by atoms with Crippen LogP contribution in [-0.2, 0) is 4.79 Å². The highest BCUT2D eigenvalue weighted by Gasteiger charge is 2.33. The van der Waals surface area contributed by atoms with E-state index in [0.717, 1.165) is 18.5 Å². The Bertz CT molecular complexity index is 403. The van der Waals surface area contributed by atoms with Gasteiger partial charge in [-0.25, -0.2) is 0 Å². The van der Waals surface area contributed by atoms with Gasteiger partial charge in [0.05, 0.1) is 6.54 Å². The summed E-state index contributed by atoms with van der Waals surface area (Å²) in [6.07, 6.45) is 7.39. The Morgan fingerprint density at radius 1 is 1.61 bits per heavy atom. The second-order valence-electron chi connectivity index (χ2n) is 5.89. The molecule has 1 aliphatic rings. The van der Waals surface area contributed by atoms with Gasteiger partial charge in [0, 0.05) is 5.70 Å². The van der Waals surface area contributed by atoms with Gasteiger partial charge in [0.15, 0.2) is 0 Å². The third-order valence-electron chi connectivity index (χ3n) is 3.69. The molecule has 3 heteroatoms. The summed E-state index contributed by atoms with van der Waals surface area (Å²) in [7, 11) is 0. The Hall–Kier alpha value is -0.940. The van der Waals surface area contributed by atoms with Crippen LogP contribution in [0.25, 0.3) is 0 Å². The number of nitrogens with zero attached hydrogens (tertiary/aromatic N) is 1. The van der Waals surface area contributed by atoms with E-state index in [2.05, 4.69) is 33.6 Å². The number of hydrogen-bond donors (Lipinski definition) is 0. The summed E-state index contributed by atoms with van der Waals surface area (Å²) in [5.74, 6) is 2.91. The number of rotatable bonds is 3. The van der Waals surface area contributed by atoms with Crippen LogP contribution in [0, 0.1) is 23.7 Å². The van der Waals surface area contributed by atoms with E-state index in [1.54, 1.807) is 4.90 Å². The Morgan fingerprint density at radius 2 is 2.22 bits per heavy atom. The standard InChI is InChI=1S/C15H22ClNO/c1-6-7-17(14(18)10-16)13-9-15(4,5)8-11(2)12(13)3/h1,11H,7-10H2,2-5H3. The van der Waals surface area contributed by atoms with Crippen molar-refractivity contribution in [1.29, 1.82) is 0 Å². The molecule has 0 aromatic heterocycles. The van der Waals surface area contributed by atoms with Crippen molar-refractivity contribution in [1.82, 2.24) is 4.90 Å². The fraction of sp³-hybridized carbons (Fsp3) is 0.667. The second kappa shape index (κ2) is 5.80. The molecule has 0 aromatic carbocycles. The van der Waals surface area contributed by atoms with Crippen molar-refractivity contribution in [3.8, 4) is 12.3 Å². The van der Waals surface area contributed by atoms with E-state index in [0.29, 0.717) is 12.5 Å². The van der Waals surface area contributed by atoms with E-state index in [1.165, 1.54) is 5.57 Å². The van der Waals surface area contributed by atoms with E-state index in [9.17, 15) is 4.79 Å². The predicted molar refractivity (Wildman–Crippen MR) is 76.1 cm³/mol. The van der Waals surface area contributed by atoms with Gasteiger partial charge < -0.3 is 4.90 Å². The summed E-state index contributed by atoms with van der Waals surface area (Å²) < 4.78 is 0. The Kier molecular flexibility index (Phi) is 4.87. The first-order valence-electron chi connectivity index (χ1n) is 6.32. The molecule has 0 spiro atoms. The molecular weight excluding hydrogens is 246 g/mol. The fourth-order valence-corrected chi connectivity index (χ4v) is 2.88. The molecule has 0 fully saturated rings. The maximum Gasteiger partial charge on any atom is 0.242 e. The quantitative estimate of drug-likeness (QED) is 0.567. The molecule has 100 valence electrons. The number of terminal acetylenes is 1. The van der Waals surface area contributed by atoms with E-state index in [-0.39, 0.29) is 17.2 Å². The van der Waals surface area contributed by atoms with Crippen molar-refractivity contribution in [2.45, 2.75) is 40.5 Å². The summed E-state index contributed by atoms with van der Waals surface area (Å²) in [6.45, 7) is 9.07. The third kappa shape index (κ3) is 3.29. The van der Waals surface area contributed by atoms with Gasteiger partial charge in [-0.1, -0.05) is 32.3 Å². The number of carbonyl (C=O) groups is 1.